The Balaban J connectivity index is 1.78. The zero-order valence-corrected chi connectivity index (χ0v) is 11.7. The number of nitrogens with one attached hydrogen (secondary N) is 1. The summed E-state index contributed by atoms with van der Waals surface area (Å²) in [4.78, 5) is 6.96. The van der Waals surface area contributed by atoms with Gasteiger partial charge in [-0.1, -0.05) is 6.92 Å². The molecular formula is C14H26N4. The molecule has 0 aromatic carbocycles. The largest absolute Gasteiger partial charge is 0.337 e. The summed E-state index contributed by atoms with van der Waals surface area (Å²) in [5, 5.41) is 3.55. The Labute approximate surface area is 110 Å². The van der Waals surface area contributed by atoms with E-state index in [1.807, 2.05) is 12.4 Å². The Morgan fingerprint density at radius 3 is 3.11 bits per heavy atom. The Hall–Kier alpha value is -0.870. The van der Waals surface area contributed by atoms with Crippen LogP contribution in [0.5, 0.6) is 0 Å². The van der Waals surface area contributed by atoms with Gasteiger partial charge in [0.2, 0.25) is 0 Å². The minimum absolute atomic E-state index is 0.811. The summed E-state index contributed by atoms with van der Waals surface area (Å²) < 4.78 is 2.12. The van der Waals surface area contributed by atoms with Gasteiger partial charge in [-0.3, -0.25) is 4.90 Å². The average molecular weight is 250 g/mol. The third-order valence-electron chi connectivity index (χ3n) is 3.75. The third kappa shape index (κ3) is 3.82. The van der Waals surface area contributed by atoms with E-state index >= 15 is 0 Å². The molecule has 0 saturated carbocycles. The maximum absolute atomic E-state index is 4.42. The number of likely N-dealkylation sites (tertiary alicyclic amines) is 1. The van der Waals surface area contributed by atoms with Gasteiger partial charge in [0.15, 0.2) is 0 Å². The average Bonchev–Trinajstić information content (AvgIpc) is 2.76. The highest BCUT2D eigenvalue weighted by Gasteiger charge is 2.20. The van der Waals surface area contributed by atoms with Crippen LogP contribution in [0.4, 0.5) is 0 Å². The van der Waals surface area contributed by atoms with Gasteiger partial charge >= 0.3 is 0 Å². The number of imidazole rings is 1. The van der Waals surface area contributed by atoms with Gasteiger partial charge in [0.25, 0.3) is 0 Å². The molecule has 1 aromatic rings. The number of aryl methyl sites for hydroxylation is 1. The van der Waals surface area contributed by atoms with Crippen molar-refractivity contribution in [2.75, 3.05) is 26.2 Å². The van der Waals surface area contributed by atoms with E-state index in [9.17, 15) is 0 Å². The van der Waals surface area contributed by atoms with Gasteiger partial charge in [0, 0.05) is 26.0 Å². The van der Waals surface area contributed by atoms with E-state index in [0.29, 0.717) is 0 Å². The van der Waals surface area contributed by atoms with Crippen LogP contribution < -0.4 is 5.32 Å². The second-order valence-electron chi connectivity index (χ2n) is 5.40. The molecule has 1 aromatic heterocycles. The molecule has 0 radical (unpaired) electrons. The molecule has 0 aliphatic carbocycles. The van der Waals surface area contributed by atoms with Gasteiger partial charge in [-0.25, -0.2) is 4.98 Å². The van der Waals surface area contributed by atoms with Crippen LogP contribution in [0.25, 0.3) is 0 Å². The predicted octanol–water partition coefficient (Wildman–Crippen LogP) is 1.63. The van der Waals surface area contributed by atoms with Crippen LogP contribution in [0.15, 0.2) is 12.4 Å². The fourth-order valence-corrected chi connectivity index (χ4v) is 2.69. The first-order valence-corrected chi connectivity index (χ1v) is 7.19. The molecule has 2 heterocycles. The molecule has 18 heavy (non-hydrogen) atoms. The zero-order valence-electron chi connectivity index (χ0n) is 11.7. The molecule has 0 bridgehead atoms. The first-order valence-electron chi connectivity index (χ1n) is 7.19. The van der Waals surface area contributed by atoms with Crippen LogP contribution >= 0.6 is 0 Å². The van der Waals surface area contributed by atoms with Crippen LogP contribution in [-0.4, -0.2) is 40.6 Å². The number of hydrogen-bond acceptors (Lipinski definition) is 3. The first-order chi connectivity index (χ1) is 8.79. The van der Waals surface area contributed by atoms with E-state index in [1.165, 1.54) is 44.7 Å². The Bertz CT molecular complexity index is 347. The number of hydrogen-bond donors (Lipinski definition) is 1. The number of aromatic nitrogens is 2. The topological polar surface area (TPSA) is 33.1 Å². The van der Waals surface area contributed by atoms with Gasteiger partial charge < -0.3 is 9.88 Å². The molecule has 1 saturated heterocycles. The van der Waals surface area contributed by atoms with Crippen molar-refractivity contribution in [1.82, 2.24) is 19.8 Å². The molecular weight excluding hydrogens is 224 g/mol. The lowest BCUT2D eigenvalue weighted by molar-refractivity contribution is 0.161. The van der Waals surface area contributed by atoms with Crippen molar-refractivity contribution in [3.05, 3.63) is 18.2 Å². The fourth-order valence-electron chi connectivity index (χ4n) is 2.69. The molecule has 2 rings (SSSR count). The molecule has 0 spiro atoms. The van der Waals surface area contributed by atoms with Crippen LogP contribution in [0.1, 0.15) is 32.0 Å². The lowest BCUT2D eigenvalue weighted by atomic mass is 9.98. The summed E-state index contributed by atoms with van der Waals surface area (Å²) in [6, 6.07) is 0. The molecule has 1 unspecified atom stereocenters. The van der Waals surface area contributed by atoms with Crippen molar-refractivity contribution < 1.29 is 0 Å². The molecule has 1 N–H and O–H groups in total. The standard InChI is InChI=1S/C14H26N4/c1-3-6-15-10-13-5-4-8-18(11-13)12-14-16-7-9-17(14)2/h7,9,13,15H,3-6,8,10-12H2,1-2H3. The molecule has 4 heteroatoms. The normalized spacial score (nSPS) is 21.3. The van der Waals surface area contributed by atoms with Gasteiger partial charge in [0.1, 0.15) is 5.82 Å². The first kappa shape index (κ1) is 13.6. The van der Waals surface area contributed by atoms with E-state index in [4.69, 9.17) is 0 Å². The van der Waals surface area contributed by atoms with E-state index in [-0.39, 0.29) is 0 Å². The highest BCUT2D eigenvalue weighted by atomic mass is 15.2. The van der Waals surface area contributed by atoms with Gasteiger partial charge in [-0.15, -0.1) is 0 Å². The van der Waals surface area contributed by atoms with Crippen LogP contribution in [0, 0.1) is 5.92 Å². The SMILES string of the molecule is CCCNCC1CCCN(Cc2nccn2C)C1. The van der Waals surface area contributed by atoms with Gasteiger partial charge in [-0.2, -0.15) is 0 Å². The summed E-state index contributed by atoms with van der Waals surface area (Å²) >= 11 is 0. The predicted molar refractivity (Wildman–Crippen MR) is 74.4 cm³/mol. The summed E-state index contributed by atoms with van der Waals surface area (Å²) in [5.41, 5.74) is 0. The van der Waals surface area contributed by atoms with E-state index in [0.717, 1.165) is 19.0 Å². The van der Waals surface area contributed by atoms with Crippen molar-refractivity contribution in [3.63, 3.8) is 0 Å². The molecule has 4 nitrogen and oxygen atoms in total. The minimum Gasteiger partial charge on any atom is -0.337 e. The molecule has 1 atom stereocenters. The van der Waals surface area contributed by atoms with E-state index in [2.05, 4.69) is 33.7 Å². The zero-order chi connectivity index (χ0) is 12.8. The maximum atomic E-state index is 4.42. The Morgan fingerprint density at radius 1 is 1.50 bits per heavy atom. The van der Waals surface area contributed by atoms with Crippen molar-refractivity contribution in [1.29, 1.82) is 0 Å². The number of nitrogens with zero attached hydrogens (tertiary/aromatic N) is 3. The second kappa shape index (κ2) is 6.90. The summed E-state index contributed by atoms with van der Waals surface area (Å²) in [6.45, 7) is 7.97. The van der Waals surface area contributed by atoms with Crippen LogP contribution in [0.2, 0.25) is 0 Å². The summed E-state index contributed by atoms with van der Waals surface area (Å²) in [7, 11) is 2.08. The van der Waals surface area contributed by atoms with Gasteiger partial charge in [0.05, 0.1) is 6.54 Å². The van der Waals surface area contributed by atoms with Crippen molar-refractivity contribution in [2.24, 2.45) is 13.0 Å². The van der Waals surface area contributed by atoms with Crippen LogP contribution in [0.3, 0.4) is 0 Å². The summed E-state index contributed by atoms with van der Waals surface area (Å²) in [5.74, 6) is 1.99. The highest BCUT2D eigenvalue weighted by molar-refractivity contribution is 4.91. The van der Waals surface area contributed by atoms with Crippen molar-refractivity contribution in [2.45, 2.75) is 32.7 Å². The fraction of sp³-hybridized carbons (Fsp3) is 0.786. The lowest BCUT2D eigenvalue weighted by Gasteiger charge is -2.32. The highest BCUT2D eigenvalue weighted by Crippen LogP contribution is 2.17. The second-order valence-corrected chi connectivity index (χ2v) is 5.40. The van der Waals surface area contributed by atoms with Crippen molar-refractivity contribution in [3.8, 4) is 0 Å². The Kier molecular flexibility index (Phi) is 5.20. The van der Waals surface area contributed by atoms with Crippen LogP contribution in [-0.2, 0) is 13.6 Å². The molecule has 0 amide bonds. The quantitative estimate of drug-likeness (QED) is 0.779. The smallest absolute Gasteiger partial charge is 0.122 e. The number of rotatable bonds is 6. The molecule has 1 fully saturated rings. The monoisotopic (exact) mass is 250 g/mol. The summed E-state index contributed by atoms with van der Waals surface area (Å²) in [6.07, 6.45) is 7.83. The minimum atomic E-state index is 0.811. The number of piperidine rings is 1. The van der Waals surface area contributed by atoms with E-state index < -0.39 is 0 Å². The molecule has 1 aliphatic rings. The Morgan fingerprint density at radius 2 is 2.39 bits per heavy atom. The van der Waals surface area contributed by atoms with Crippen molar-refractivity contribution >= 4 is 0 Å². The maximum Gasteiger partial charge on any atom is 0.122 e. The molecule has 1 aliphatic heterocycles. The lowest BCUT2D eigenvalue weighted by Crippen LogP contribution is -2.39. The van der Waals surface area contributed by atoms with E-state index in [1.54, 1.807) is 0 Å². The third-order valence-corrected chi connectivity index (χ3v) is 3.75. The van der Waals surface area contributed by atoms with Gasteiger partial charge in [-0.05, 0) is 44.8 Å². The molecule has 102 valence electrons.